The van der Waals surface area contributed by atoms with Gasteiger partial charge in [-0.25, -0.2) is 4.79 Å². The van der Waals surface area contributed by atoms with Gasteiger partial charge in [0.2, 0.25) is 0 Å². The van der Waals surface area contributed by atoms with E-state index in [2.05, 4.69) is 21.0 Å². The minimum atomic E-state index is -4.48. The molecule has 1 aromatic heterocycles. The Balaban J connectivity index is 1.68. The number of urea groups is 1. The van der Waals surface area contributed by atoms with Gasteiger partial charge >= 0.3 is 12.2 Å². The Labute approximate surface area is 142 Å². The molecule has 6 nitrogen and oxygen atoms in total. The van der Waals surface area contributed by atoms with Crippen molar-refractivity contribution < 1.29 is 18.0 Å². The minimum Gasteiger partial charge on any atom is -0.334 e. The molecule has 1 aliphatic heterocycles. The number of nitrogens with one attached hydrogen (secondary N) is 3. The van der Waals surface area contributed by atoms with Crippen LogP contribution in [-0.4, -0.2) is 34.9 Å². The van der Waals surface area contributed by atoms with Gasteiger partial charge in [0, 0.05) is 25.3 Å². The van der Waals surface area contributed by atoms with Crippen molar-refractivity contribution >= 4 is 11.7 Å². The van der Waals surface area contributed by atoms with Crippen molar-refractivity contribution in [1.29, 1.82) is 0 Å². The van der Waals surface area contributed by atoms with Crippen LogP contribution < -0.4 is 16.0 Å². The number of hydrogen-bond donors (Lipinski definition) is 3. The summed E-state index contributed by atoms with van der Waals surface area (Å²) in [4.78, 5) is 11.9. The van der Waals surface area contributed by atoms with E-state index in [1.54, 1.807) is 24.3 Å². The van der Waals surface area contributed by atoms with Crippen molar-refractivity contribution in [3.05, 3.63) is 36.0 Å². The fourth-order valence-electron chi connectivity index (χ4n) is 2.73. The van der Waals surface area contributed by atoms with Crippen molar-refractivity contribution in [2.45, 2.75) is 18.6 Å². The van der Waals surface area contributed by atoms with Gasteiger partial charge in [0.25, 0.3) is 0 Å². The molecule has 0 bridgehead atoms. The zero-order chi connectivity index (χ0) is 18.0. The highest BCUT2D eigenvalue weighted by Crippen LogP contribution is 2.31. The first-order valence-electron chi connectivity index (χ1n) is 7.83. The van der Waals surface area contributed by atoms with Crippen LogP contribution in [0.2, 0.25) is 0 Å². The molecule has 2 amide bonds. The van der Waals surface area contributed by atoms with Crippen LogP contribution in [-0.2, 0) is 13.2 Å². The molecule has 9 heteroatoms. The second kappa shape index (κ2) is 6.75. The van der Waals surface area contributed by atoms with Crippen LogP contribution in [0.5, 0.6) is 0 Å². The molecule has 1 fully saturated rings. The van der Waals surface area contributed by atoms with Crippen molar-refractivity contribution in [3.8, 4) is 11.3 Å². The molecule has 1 aliphatic rings. The molecule has 2 aromatic rings. The lowest BCUT2D eigenvalue weighted by Crippen LogP contribution is -2.39. The molecule has 0 unspecified atom stereocenters. The zero-order valence-electron chi connectivity index (χ0n) is 13.5. The molecule has 1 aromatic carbocycles. The van der Waals surface area contributed by atoms with E-state index in [0.29, 0.717) is 16.9 Å². The highest BCUT2D eigenvalue weighted by atomic mass is 19.4. The van der Waals surface area contributed by atoms with E-state index in [9.17, 15) is 18.0 Å². The molecular formula is C16H18F3N5O. The van der Waals surface area contributed by atoms with Crippen molar-refractivity contribution in [2.75, 3.05) is 18.4 Å². The highest BCUT2D eigenvalue weighted by Gasteiger charge is 2.34. The molecule has 134 valence electrons. The molecule has 3 rings (SSSR count). The summed E-state index contributed by atoms with van der Waals surface area (Å²) in [6, 6.07) is 7.37. The van der Waals surface area contributed by atoms with Gasteiger partial charge in [-0.05, 0) is 36.7 Å². The monoisotopic (exact) mass is 353 g/mol. The SMILES string of the molecule is Cn1nc(C(F)(F)F)cc1-c1ccc(NC(=O)N[C@@H]2CCNC2)cc1. The maximum Gasteiger partial charge on any atom is 0.435 e. The van der Waals surface area contributed by atoms with Crippen LogP contribution >= 0.6 is 0 Å². The van der Waals surface area contributed by atoms with E-state index < -0.39 is 11.9 Å². The second-order valence-electron chi connectivity index (χ2n) is 5.90. The van der Waals surface area contributed by atoms with E-state index in [-0.39, 0.29) is 12.1 Å². The molecule has 0 radical (unpaired) electrons. The molecule has 1 saturated heterocycles. The molecule has 1 atom stereocenters. The standard InChI is InChI=1S/C16H18F3N5O/c1-24-13(8-14(23-24)16(17,18)19)10-2-4-11(5-3-10)21-15(25)22-12-6-7-20-9-12/h2-5,8,12,20H,6-7,9H2,1H3,(H2,21,22,25)/t12-/m1/s1. The summed E-state index contributed by atoms with van der Waals surface area (Å²) in [5, 5.41) is 12.2. The number of hydrogen-bond acceptors (Lipinski definition) is 3. The third-order valence-corrected chi connectivity index (χ3v) is 4.00. The highest BCUT2D eigenvalue weighted by molar-refractivity contribution is 5.89. The van der Waals surface area contributed by atoms with Crippen LogP contribution in [0.3, 0.4) is 0 Å². The number of benzene rings is 1. The van der Waals surface area contributed by atoms with E-state index in [0.717, 1.165) is 25.6 Å². The fraction of sp³-hybridized carbons (Fsp3) is 0.375. The number of aryl methyl sites for hydroxylation is 1. The molecule has 0 aliphatic carbocycles. The Kier molecular flexibility index (Phi) is 4.67. The van der Waals surface area contributed by atoms with Crippen LogP contribution in [0.1, 0.15) is 12.1 Å². The van der Waals surface area contributed by atoms with Crippen molar-refractivity contribution in [1.82, 2.24) is 20.4 Å². The summed E-state index contributed by atoms with van der Waals surface area (Å²) in [6.07, 6.45) is -3.60. The van der Waals surface area contributed by atoms with Gasteiger partial charge in [-0.3, -0.25) is 4.68 Å². The van der Waals surface area contributed by atoms with Gasteiger partial charge < -0.3 is 16.0 Å². The maximum atomic E-state index is 12.7. The number of halogens is 3. The lowest BCUT2D eigenvalue weighted by molar-refractivity contribution is -0.141. The quantitative estimate of drug-likeness (QED) is 0.794. The molecule has 3 N–H and O–H groups in total. The Bertz CT molecular complexity index is 748. The van der Waals surface area contributed by atoms with Crippen LogP contribution in [0.4, 0.5) is 23.7 Å². The molecule has 25 heavy (non-hydrogen) atoms. The first kappa shape index (κ1) is 17.3. The van der Waals surface area contributed by atoms with Gasteiger partial charge in [0.05, 0.1) is 5.69 Å². The number of aromatic nitrogens is 2. The smallest absolute Gasteiger partial charge is 0.334 e. The summed E-state index contributed by atoms with van der Waals surface area (Å²) in [7, 11) is 1.46. The van der Waals surface area contributed by atoms with Crippen molar-refractivity contribution in [2.24, 2.45) is 7.05 Å². The van der Waals surface area contributed by atoms with Gasteiger partial charge in [-0.2, -0.15) is 18.3 Å². The first-order valence-corrected chi connectivity index (χ1v) is 7.83. The van der Waals surface area contributed by atoms with E-state index in [4.69, 9.17) is 0 Å². The molecule has 0 saturated carbocycles. The number of carbonyl (C=O) groups is 1. The zero-order valence-corrected chi connectivity index (χ0v) is 13.5. The summed E-state index contributed by atoms with van der Waals surface area (Å²) in [5.41, 5.74) is 0.555. The number of alkyl halides is 3. The predicted molar refractivity (Wildman–Crippen MR) is 87.1 cm³/mol. The van der Waals surface area contributed by atoms with E-state index in [1.807, 2.05) is 0 Å². The molecular weight excluding hydrogens is 335 g/mol. The number of nitrogens with zero attached hydrogens (tertiary/aromatic N) is 2. The van der Waals surface area contributed by atoms with Gasteiger partial charge in [0.1, 0.15) is 0 Å². The fourth-order valence-corrected chi connectivity index (χ4v) is 2.73. The van der Waals surface area contributed by atoms with E-state index in [1.165, 1.54) is 11.7 Å². The average molecular weight is 353 g/mol. The maximum absolute atomic E-state index is 12.7. The Morgan fingerprint density at radius 2 is 2.04 bits per heavy atom. The Morgan fingerprint density at radius 1 is 1.32 bits per heavy atom. The third-order valence-electron chi connectivity index (χ3n) is 4.00. The second-order valence-corrected chi connectivity index (χ2v) is 5.90. The molecule has 2 heterocycles. The molecule has 0 spiro atoms. The third kappa shape index (κ3) is 4.11. The van der Waals surface area contributed by atoms with Gasteiger partial charge in [-0.1, -0.05) is 12.1 Å². The lowest BCUT2D eigenvalue weighted by Gasteiger charge is -2.12. The topological polar surface area (TPSA) is 71.0 Å². The number of anilines is 1. The number of carbonyl (C=O) groups excluding carboxylic acids is 1. The lowest BCUT2D eigenvalue weighted by atomic mass is 10.1. The first-order chi connectivity index (χ1) is 11.8. The van der Waals surface area contributed by atoms with Crippen molar-refractivity contribution in [3.63, 3.8) is 0 Å². The largest absolute Gasteiger partial charge is 0.435 e. The Hall–Kier alpha value is -2.55. The normalized spacial score (nSPS) is 17.5. The van der Waals surface area contributed by atoms with Crippen LogP contribution in [0.25, 0.3) is 11.3 Å². The van der Waals surface area contributed by atoms with E-state index >= 15 is 0 Å². The summed E-state index contributed by atoms with van der Waals surface area (Å²) in [5.74, 6) is 0. The van der Waals surface area contributed by atoms with Gasteiger partial charge in [0.15, 0.2) is 5.69 Å². The number of amides is 2. The van der Waals surface area contributed by atoms with Crippen LogP contribution in [0, 0.1) is 0 Å². The minimum absolute atomic E-state index is 0.106. The predicted octanol–water partition coefficient (Wildman–Crippen LogP) is 2.59. The Morgan fingerprint density at radius 3 is 2.60 bits per heavy atom. The summed E-state index contributed by atoms with van der Waals surface area (Å²) >= 11 is 0. The van der Waals surface area contributed by atoms with Gasteiger partial charge in [-0.15, -0.1) is 0 Å². The number of rotatable bonds is 3. The summed E-state index contributed by atoms with van der Waals surface area (Å²) < 4.78 is 39.4. The average Bonchev–Trinajstić information content (AvgIpc) is 3.17. The summed E-state index contributed by atoms with van der Waals surface area (Å²) in [6.45, 7) is 1.62. The van der Waals surface area contributed by atoms with Crippen LogP contribution in [0.15, 0.2) is 30.3 Å².